The number of carbonyl (C=O) groups is 10. The van der Waals surface area contributed by atoms with Gasteiger partial charge in [-0.15, -0.1) is 0 Å². The highest BCUT2D eigenvalue weighted by Crippen LogP contribution is 2.33. The van der Waals surface area contributed by atoms with Gasteiger partial charge in [-0.3, -0.25) is 47.9 Å². The molecule has 0 radical (unpaired) electrons. The maximum absolute atomic E-state index is 11.9. The molecule has 0 unspecified atom stereocenters. The minimum absolute atomic E-state index is 0.00813. The molecule has 0 rings (SSSR count). The molecule has 0 aliphatic rings. The standard InChI is InChI=1S/C23H44O3.C19H34O4.C19H38O2.C17H30O4.C17H34O2/c1-22(2,3)18-14-10-6-8-12-16-20(24)17-13-9-7-11-15-19-23(4,5)21(25)26;1-15(20)18(2,3)13-9-6-7-11-16(21)12-8-10-14-19(4,5)17(22)23;1-6-18(2,3)14-10-7-8-12-17(21)13-9-11-15-19(4,5)16-20;1-13(18)16(2,3)12-8-10-14(19)9-6-7-11-17(4,5)15(20)21;1-6-16(2,3)13-9-11-15(19)10-7-8-12-17(4,5)14-18/h6-19H2,1-5H3,(H,25,26);6-14H2,1-5H3,(H,22,23);20H,6-16H2,1-5H3;6-12H2,1-5H3,(H,20,21);18H,6-14H2,1-5H3. The van der Waals surface area contributed by atoms with Crippen LogP contribution in [0.25, 0.3) is 0 Å². The minimum atomic E-state index is -0.791. The third-order valence-corrected chi connectivity index (χ3v) is 23.3. The summed E-state index contributed by atoms with van der Waals surface area (Å²) in [5.74, 6) is -0.169. The maximum atomic E-state index is 11.9. The molecule has 5 N–H and O–H groups in total. The quantitative estimate of drug-likeness (QED) is 0.0354. The Morgan fingerprint density at radius 3 is 0.618 bits per heavy atom. The number of aliphatic hydroxyl groups is 2. The van der Waals surface area contributed by atoms with Gasteiger partial charge in [-0.1, -0.05) is 233 Å². The van der Waals surface area contributed by atoms with E-state index in [1.165, 1.54) is 64.2 Å². The topological polar surface area (TPSA) is 272 Å². The van der Waals surface area contributed by atoms with Crippen LogP contribution in [0.5, 0.6) is 0 Å². The lowest BCUT2D eigenvalue weighted by Crippen LogP contribution is -2.23. The SMILES string of the molecule is CC(=O)C(C)(C)CCCC(=O)CCCCC(C)(C)C(=O)O.CC(=O)C(C)(C)CCCCCC(=O)CCCCC(C)(C)C(=O)O.CC(C)(C)CCCCCCCC(=O)CCCCCCCC(C)(C)C(=O)O.CCC(C)(C)CCCC(=O)CCCCC(C)(C)CO.CCC(C)(C)CCCCCC(=O)CCCCC(C)(C)CO. The molecule has 110 heavy (non-hydrogen) atoms. The summed E-state index contributed by atoms with van der Waals surface area (Å²) in [5.41, 5.74) is -1.31. The second-order valence-corrected chi connectivity index (χ2v) is 40.6. The van der Waals surface area contributed by atoms with E-state index < -0.39 is 34.2 Å². The number of carbonyl (C=O) groups excluding carboxylic acids is 7. The lowest BCUT2D eigenvalue weighted by Gasteiger charge is -2.22. The van der Waals surface area contributed by atoms with E-state index in [0.717, 1.165) is 199 Å². The molecule has 0 bridgehead atoms. The van der Waals surface area contributed by atoms with Crippen molar-refractivity contribution in [3.63, 3.8) is 0 Å². The zero-order valence-corrected chi connectivity index (χ0v) is 76.7. The Morgan fingerprint density at radius 1 is 0.209 bits per heavy atom. The van der Waals surface area contributed by atoms with Gasteiger partial charge >= 0.3 is 17.9 Å². The molecule has 0 amide bonds. The molecular weight excluding hydrogens is 1380 g/mol. The van der Waals surface area contributed by atoms with Gasteiger partial charge in [-0.05, 0) is 211 Å². The van der Waals surface area contributed by atoms with E-state index in [2.05, 4.69) is 90.0 Å². The van der Waals surface area contributed by atoms with Crippen molar-refractivity contribution in [1.29, 1.82) is 0 Å². The van der Waals surface area contributed by atoms with Crippen molar-refractivity contribution in [1.82, 2.24) is 0 Å². The van der Waals surface area contributed by atoms with Gasteiger partial charge in [0.25, 0.3) is 0 Å². The van der Waals surface area contributed by atoms with Gasteiger partial charge in [0.15, 0.2) is 0 Å². The van der Waals surface area contributed by atoms with Crippen LogP contribution in [-0.2, 0) is 47.9 Å². The Hall–Kier alpha value is -3.98. The van der Waals surface area contributed by atoms with Gasteiger partial charge < -0.3 is 25.5 Å². The van der Waals surface area contributed by atoms with Crippen molar-refractivity contribution >= 4 is 58.4 Å². The summed E-state index contributed by atoms with van der Waals surface area (Å²) < 4.78 is 0. The number of Topliss-reactive ketones (excluding diaryl/α,β-unsaturated/α-hetero) is 7. The number of aliphatic carboxylic acids is 3. The number of aliphatic hydroxyl groups excluding tert-OH is 2. The molecule has 0 heterocycles. The Kier molecular flexibility index (Phi) is 64.0. The van der Waals surface area contributed by atoms with Crippen molar-refractivity contribution in [2.45, 2.75) is 481 Å². The molecule has 0 aromatic carbocycles. The highest BCUT2D eigenvalue weighted by molar-refractivity contribution is 5.83. The summed E-state index contributed by atoms with van der Waals surface area (Å²) >= 11 is 0. The van der Waals surface area contributed by atoms with E-state index in [1.807, 2.05) is 27.7 Å². The van der Waals surface area contributed by atoms with Crippen LogP contribution in [0.3, 0.4) is 0 Å². The summed E-state index contributed by atoms with van der Waals surface area (Å²) in [6.45, 7) is 50.7. The molecular formula is C95H180O15. The normalized spacial score (nSPS) is 12.4. The molecule has 15 nitrogen and oxygen atoms in total. The Labute approximate surface area is 677 Å². The first-order valence-corrected chi connectivity index (χ1v) is 44.0. The number of hydrogen-bond donors (Lipinski definition) is 5. The number of carboxylic acids is 3. The van der Waals surface area contributed by atoms with Gasteiger partial charge in [-0.25, -0.2) is 0 Å². The summed E-state index contributed by atoms with van der Waals surface area (Å²) in [6.07, 6.45) is 44.8. The van der Waals surface area contributed by atoms with E-state index in [4.69, 9.17) is 20.4 Å². The van der Waals surface area contributed by atoms with Crippen molar-refractivity contribution in [3.05, 3.63) is 0 Å². The molecule has 0 spiro atoms. The largest absolute Gasteiger partial charge is 0.481 e. The first-order chi connectivity index (χ1) is 50.5. The van der Waals surface area contributed by atoms with E-state index in [0.29, 0.717) is 78.5 Å². The number of rotatable bonds is 64. The van der Waals surface area contributed by atoms with E-state index in [9.17, 15) is 53.1 Å². The number of ketones is 7. The van der Waals surface area contributed by atoms with E-state index >= 15 is 0 Å². The van der Waals surface area contributed by atoms with Crippen LogP contribution in [0.4, 0.5) is 0 Å². The zero-order valence-electron chi connectivity index (χ0n) is 76.7. The zero-order chi connectivity index (χ0) is 86.1. The number of unbranched alkanes of at least 4 members (excludes halogenated alkanes) is 16. The maximum Gasteiger partial charge on any atom is 0.309 e. The fourth-order valence-corrected chi connectivity index (χ4v) is 12.0. The average Bonchev–Trinajstić information content (AvgIpc) is 0.916. The molecule has 0 aliphatic carbocycles. The monoisotopic (exact) mass is 1560 g/mol. The molecule has 15 heteroatoms. The molecule has 0 fully saturated rings. The van der Waals surface area contributed by atoms with Gasteiger partial charge in [0, 0.05) is 88.3 Å². The molecule has 0 aromatic rings. The van der Waals surface area contributed by atoms with Crippen molar-refractivity contribution in [2.75, 3.05) is 13.2 Å². The third-order valence-electron chi connectivity index (χ3n) is 23.3. The second kappa shape index (κ2) is 61.4. The summed E-state index contributed by atoms with van der Waals surface area (Å²) in [6, 6.07) is 0. The highest BCUT2D eigenvalue weighted by atomic mass is 16.4. The van der Waals surface area contributed by atoms with Crippen LogP contribution in [0.1, 0.15) is 481 Å². The molecule has 0 saturated heterocycles. The van der Waals surface area contributed by atoms with Gasteiger partial charge in [0.1, 0.15) is 40.5 Å². The second-order valence-electron chi connectivity index (χ2n) is 40.6. The predicted octanol–water partition coefficient (Wildman–Crippen LogP) is 26.2. The Bertz CT molecular complexity index is 2500. The molecule has 0 aliphatic heterocycles. The minimum Gasteiger partial charge on any atom is -0.481 e. The van der Waals surface area contributed by atoms with Crippen LogP contribution in [0.2, 0.25) is 0 Å². The van der Waals surface area contributed by atoms with Crippen LogP contribution in [0, 0.1) is 54.1 Å². The average molecular weight is 1560 g/mol. The van der Waals surface area contributed by atoms with E-state index in [1.54, 1.807) is 55.4 Å². The first kappa shape index (κ1) is 115. The van der Waals surface area contributed by atoms with Gasteiger partial charge in [0.05, 0.1) is 16.2 Å². The van der Waals surface area contributed by atoms with Gasteiger partial charge in [-0.2, -0.15) is 0 Å². The van der Waals surface area contributed by atoms with Crippen LogP contribution < -0.4 is 0 Å². The van der Waals surface area contributed by atoms with Gasteiger partial charge in [0.2, 0.25) is 0 Å². The fourth-order valence-electron chi connectivity index (χ4n) is 12.0. The molecule has 0 aromatic heterocycles. The van der Waals surface area contributed by atoms with Crippen molar-refractivity contribution < 1.29 is 73.5 Å². The fraction of sp³-hybridized carbons (Fsp3) is 0.895. The Balaban J connectivity index is -0.000000419. The molecule has 0 saturated carbocycles. The summed E-state index contributed by atoms with van der Waals surface area (Å²) in [4.78, 5) is 115. The van der Waals surface area contributed by atoms with E-state index in [-0.39, 0.29) is 58.0 Å². The molecule has 650 valence electrons. The highest BCUT2D eigenvalue weighted by Gasteiger charge is 2.30. The van der Waals surface area contributed by atoms with Crippen molar-refractivity contribution in [3.8, 4) is 0 Å². The summed E-state index contributed by atoms with van der Waals surface area (Å²) in [5, 5.41) is 45.4. The Morgan fingerprint density at radius 2 is 0.373 bits per heavy atom. The summed E-state index contributed by atoms with van der Waals surface area (Å²) in [7, 11) is 0. The third kappa shape index (κ3) is 71.8. The van der Waals surface area contributed by atoms with Crippen molar-refractivity contribution in [2.24, 2.45) is 54.1 Å². The number of carboxylic acid groups (broad SMARTS) is 3. The first-order valence-electron chi connectivity index (χ1n) is 44.0. The van der Waals surface area contributed by atoms with Crippen LogP contribution in [-0.4, -0.2) is 97.1 Å². The van der Waals surface area contributed by atoms with Crippen LogP contribution in [0.15, 0.2) is 0 Å². The van der Waals surface area contributed by atoms with Crippen LogP contribution >= 0.6 is 0 Å². The lowest BCUT2D eigenvalue weighted by molar-refractivity contribution is -0.148. The predicted molar refractivity (Wildman–Crippen MR) is 460 cm³/mol. The molecule has 0 atom stereocenters. The number of hydrogen-bond acceptors (Lipinski definition) is 12. The smallest absolute Gasteiger partial charge is 0.309 e. The lowest BCUT2D eigenvalue weighted by atomic mass is 9.83.